The molecule has 4 nitrogen and oxygen atoms in total. The molecule has 18 heavy (non-hydrogen) atoms. The van der Waals surface area contributed by atoms with Gasteiger partial charge in [0.15, 0.2) is 0 Å². The van der Waals surface area contributed by atoms with E-state index in [9.17, 15) is 9.59 Å². The molecule has 0 saturated carbocycles. The van der Waals surface area contributed by atoms with Crippen molar-refractivity contribution in [3.63, 3.8) is 0 Å². The van der Waals surface area contributed by atoms with Gasteiger partial charge >= 0.3 is 5.97 Å². The molecule has 0 aliphatic heterocycles. The SMILES string of the molecule is CC(CCC(=O)O)NC(=O)[C@H](C)c1ccccc1. The molecular formula is C14H19NO3. The molecule has 2 atom stereocenters. The molecule has 0 radical (unpaired) electrons. The van der Waals surface area contributed by atoms with Gasteiger partial charge in [0.05, 0.1) is 5.92 Å². The highest BCUT2D eigenvalue weighted by atomic mass is 16.4. The van der Waals surface area contributed by atoms with E-state index in [1.54, 1.807) is 0 Å². The van der Waals surface area contributed by atoms with Gasteiger partial charge in [0.2, 0.25) is 5.91 Å². The Hall–Kier alpha value is -1.84. The predicted octanol–water partition coefficient (Wildman–Crippen LogP) is 2.16. The molecule has 1 unspecified atom stereocenters. The molecule has 0 aromatic heterocycles. The number of hydrogen-bond donors (Lipinski definition) is 2. The summed E-state index contributed by atoms with van der Waals surface area (Å²) >= 11 is 0. The first-order valence-electron chi connectivity index (χ1n) is 6.08. The Kier molecular flexibility index (Phi) is 5.36. The molecule has 0 bridgehead atoms. The number of carbonyl (C=O) groups is 2. The second kappa shape index (κ2) is 6.79. The lowest BCUT2D eigenvalue weighted by molar-refractivity contribution is -0.137. The Labute approximate surface area is 107 Å². The van der Waals surface area contributed by atoms with Crippen LogP contribution in [0, 0.1) is 0 Å². The summed E-state index contributed by atoms with van der Waals surface area (Å²) in [6, 6.07) is 9.39. The fourth-order valence-corrected chi connectivity index (χ4v) is 1.67. The first-order valence-corrected chi connectivity index (χ1v) is 6.08. The summed E-state index contributed by atoms with van der Waals surface area (Å²) in [5.41, 5.74) is 0.959. The van der Waals surface area contributed by atoms with Crippen LogP contribution in [0.3, 0.4) is 0 Å². The fourth-order valence-electron chi connectivity index (χ4n) is 1.67. The molecule has 1 rings (SSSR count). The van der Waals surface area contributed by atoms with Crippen molar-refractivity contribution in [3.8, 4) is 0 Å². The van der Waals surface area contributed by atoms with Gasteiger partial charge in [0.1, 0.15) is 0 Å². The average Bonchev–Trinajstić information content (AvgIpc) is 2.36. The van der Waals surface area contributed by atoms with Crippen molar-refractivity contribution in [2.45, 2.75) is 38.6 Å². The Balaban J connectivity index is 2.47. The van der Waals surface area contributed by atoms with Gasteiger partial charge in [-0.15, -0.1) is 0 Å². The van der Waals surface area contributed by atoms with Gasteiger partial charge in [-0.05, 0) is 25.8 Å². The molecule has 0 saturated heterocycles. The summed E-state index contributed by atoms with van der Waals surface area (Å²) in [6.07, 6.45) is 0.518. The largest absolute Gasteiger partial charge is 0.481 e. The zero-order valence-electron chi connectivity index (χ0n) is 10.7. The van der Waals surface area contributed by atoms with Crippen LogP contribution in [0.1, 0.15) is 38.2 Å². The number of aliphatic carboxylic acids is 1. The maximum atomic E-state index is 11.9. The van der Waals surface area contributed by atoms with Gasteiger partial charge in [0.25, 0.3) is 0 Å². The van der Waals surface area contributed by atoms with E-state index < -0.39 is 5.97 Å². The van der Waals surface area contributed by atoms with E-state index in [0.717, 1.165) is 5.56 Å². The van der Waals surface area contributed by atoms with Crippen LogP contribution in [0.25, 0.3) is 0 Å². The van der Waals surface area contributed by atoms with E-state index in [2.05, 4.69) is 5.32 Å². The van der Waals surface area contributed by atoms with Crippen molar-refractivity contribution in [2.75, 3.05) is 0 Å². The lowest BCUT2D eigenvalue weighted by Gasteiger charge is -2.17. The Morgan fingerprint density at radius 3 is 2.39 bits per heavy atom. The highest BCUT2D eigenvalue weighted by Crippen LogP contribution is 2.14. The van der Waals surface area contributed by atoms with Crippen molar-refractivity contribution in [1.29, 1.82) is 0 Å². The molecule has 4 heteroatoms. The van der Waals surface area contributed by atoms with Crippen LogP contribution in [0.5, 0.6) is 0 Å². The quantitative estimate of drug-likeness (QED) is 0.812. The van der Waals surface area contributed by atoms with E-state index in [1.165, 1.54) is 0 Å². The van der Waals surface area contributed by atoms with Crippen LogP contribution < -0.4 is 5.32 Å². The second-order valence-corrected chi connectivity index (χ2v) is 4.47. The summed E-state index contributed by atoms with van der Waals surface area (Å²) in [6.45, 7) is 3.66. The molecule has 1 amide bonds. The van der Waals surface area contributed by atoms with E-state index in [4.69, 9.17) is 5.11 Å². The molecule has 1 aromatic rings. The summed E-state index contributed by atoms with van der Waals surface area (Å²) in [4.78, 5) is 22.4. The third kappa shape index (κ3) is 4.57. The third-order valence-corrected chi connectivity index (χ3v) is 2.87. The zero-order valence-corrected chi connectivity index (χ0v) is 10.7. The fraction of sp³-hybridized carbons (Fsp3) is 0.429. The minimum Gasteiger partial charge on any atom is -0.481 e. The predicted molar refractivity (Wildman–Crippen MR) is 69.3 cm³/mol. The highest BCUT2D eigenvalue weighted by Gasteiger charge is 2.17. The average molecular weight is 249 g/mol. The Morgan fingerprint density at radius 2 is 1.83 bits per heavy atom. The standard InChI is InChI=1S/C14H19NO3/c1-10(8-9-13(16)17)15-14(18)11(2)12-6-4-3-5-7-12/h3-7,10-11H,8-9H2,1-2H3,(H,15,18)(H,16,17)/t10?,11-/m1/s1. The lowest BCUT2D eigenvalue weighted by atomic mass is 10.00. The molecule has 1 aromatic carbocycles. The Bertz CT molecular complexity index is 403. The highest BCUT2D eigenvalue weighted by molar-refractivity contribution is 5.83. The van der Waals surface area contributed by atoms with Gasteiger partial charge in [-0.1, -0.05) is 30.3 Å². The number of rotatable bonds is 6. The molecular weight excluding hydrogens is 230 g/mol. The molecule has 0 spiro atoms. The molecule has 2 N–H and O–H groups in total. The maximum Gasteiger partial charge on any atom is 0.303 e. The Morgan fingerprint density at radius 1 is 1.22 bits per heavy atom. The minimum absolute atomic E-state index is 0.0703. The first-order chi connectivity index (χ1) is 8.50. The third-order valence-electron chi connectivity index (χ3n) is 2.87. The van der Waals surface area contributed by atoms with E-state index in [0.29, 0.717) is 6.42 Å². The van der Waals surface area contributed by atoms with Crippen LogP contribution in [0.4, 0.5) is 0 Å². The van der Waals surface area contributed by atoms with Crippen molar-refractivity contribution in [3.05, 3.63) is 35.9 Å². The number of hydrogen-bond acceptors (Lipinski definition) is 2. The number of nitrogens with one attached hydrogen (secondary N) is 1. The zero-order chi connectivity index (χ0) is 13.5. The van der Waals surface area contributed by atoms with Crippen LogP contribution in [-0.4, -0.2) is 23.0 Å². The number of amides is 1. The van der Waals surface area contributed by atoms with Crippen molar-refractivity contribution in [1.82, 2.24) is 5.32 Å². The smallest absolute Gasteiger partial charge is 0.303 e. The van der Waals surface area contributed by atoms with Crippen molar-refractivity contribution in [2.24, 2.45) is 0 Å². The van der Waals surface area contributed by atoms with E-state index >= 15 is 0 Å². The number of carbonyl (C=O) groups excluding carboxylic acids is 1. The van der Waals surface area contributed by atoms with Gasteiger partial charge < -0.3 is 10.4 Å². The van der Waals surface area contributed by atoms with Crippen LogP contribution in [-0.2, 0) is 9.59 Å². The second-order valence-electron chi connectivity index (χ2n) is 4.47. The lowest BCUT2D eigenvalue weighted by Crippen LogP contribution is -2.35. The van der Waals surface area contributed by atoms with Gasteiger partial charge in [-0.2, -0.15) is 0 Å². The molecule has 0 fully saturated rings. The van der Waals surface area contributed by atoms with E-state index in [-0.39, 0.29) is 24.3 Å². The maximum absolute atomic E-state index is 11.9. The molecule has 0 heterocycles. The monoisotopic (exact) mass is 249 g/mol. The normalized spacial score (nSPS) is 13.7. The topological polar surface area (TPSA) is 66.4 Å². The van der Waals surface area contributed by atoms with Gasteiger partial charge in [-0.25, -0.2) is 0 Å². The van der Waals surface area contributed by atoms with Crippen LogP contribution in [0.2, 0.25) is 0 Å². The van der Waals surface area contributed by atoms with Gasteiger partial charge in [0, 0.05) is 12.5 Å². The number of carboxylic acid groups (broad SMARTS) is 1. The van der Waals surface area contributed by atoms with Crippen molar-refractivity contribution < 1.29 is 14.7 Å². The first kappa shape index (κ1) is 14.2. The molecule has 0 aliphatic carbocycles. The molecule has 98 valence electrons. The van der Waals surface area contributed by atoms with E-state index in [1.807, 2.05) is 44.2 Å². The summed E-state index contributed by atoms with van der Waals surface area (Å²) in [5, 5.41) is 11.4. The molecule has 0 aliphatic rings. The van der Waals surface area contributed by atoms with Crippen LogP contribution in [0.15, 0.2) is 30.3 Å². The minimum atomic E-state index is -0.841. The summed E-state index contributed by atoms with van der Waals surface area (Å²) in [5.74, 6) is -1.13. The summed E-state index contributed by atoms with van der Waals surface area (Å²) < 4.78 is 0. The van der Waals surface area contributed by atoms with Crippen molar-refractivity contribution >= 4 is 11.9 Å². The summed E-state index contributed by atoms with van der Waals surface area (Å²) in [7, 11) is 0. The van der Waals surface area contributed by atoms with Gasteiger partial charge in [-0.3, -0.25) is 9.59 Å². The number of benzene rings is 1. The van der Waals surface area contributed by atoms with Crippen LogP contribution >= 0.6 is 0 Å². The number of carboxylic acids is 1.